The molecular weight excluding hydrogens is 244 g/mol. The van der Waals surface area contributed by atoms with Crippen LogP contribution in [0.25, 0.3) is 6.08 Å². The van der Waals surface area contributed by atoms with Crippen molar-refractivity contribution in [3.05, 3.63) is 29.7 Å². The first-order chi connectivity index (χ1) is 9.20. The summed E-state index contributed by atoms with van der Waals surface area (Å²) in [5, 5.41) is 21.5. The van der Waals surface area contributed by atoms with Gasteiger partial charge in [-0.25, -0.2) is 0 Å². The van der Waals surface area contributed by atoms with E-state index in [2.05, 4.69) is 5.32 Å². The van der Waals surface area contributed by atoms with Crippen LogP contribution in [0.4, 0.5) is 0 Å². The Morgan fingerprint density at radius 1 is 1.53 bits per heavy atom. The Morgan fingerprint density at radius 2 is 2.32 bits per heavy atom. The molecule has 1 fully saturated rings. The molecule has 2 N–H and O–H groups in total. The normalized spacial score (nSPS) is 23.7. The predicted molar refractivity (Wildman–Crippen MR) is 68.7 cm³/mol. The Hall–Kier alpha value is -2.06. The minimum absolute atomic E-state index is 0.0206. The number of nitrogens with one attached hydrogen (secondary N) is 1. The van der Waals surface area contributed by atoms with Crippen molar-refractivity contribution in [2.24, 2.45) is 0 Å². The zero-order chi connectivity index (χ0) is 13.7. The van der Waals surface area contributed by atoms with E-state index in [1.807, 2.05) is 6.07 Å². The zero-order valence-corrected chi connectivity index (χ0v) is 10.5. The summed E-state index contributed by atoms with van der Waals surface area (Å²) in [5.41, 5.74) is -0.0206. The Morgan fingerprint density at radius 3 is 2.95 bits per heavy atom. The second-order valence-electron chi connectivity index (χ2n) is 4.62. The summed E-state index contributed by atoms with van der Waals surface area (Å²) >= 11 is 0. The first kappa shape index (κ1) is 13.4. The average Bonchev–Trinajstić information content (AvgIpc) is 2.91. The van der Waals surface area contributed by atoms with Gasteiger partial charge in [0, 0.05) is 6.08 Å². The maximum atomic E-state index is 12.0. The molecule has 2 unspecified atom stereocenters. The van der Waals surface area contributed by atoms with Crippen LogP contribution in [0.3, 0.4) is 0 Å². The van der Waals surface area contributed by atoms with Crippen molar-refractivity contribution in [3.63, 3.8) is 0 Å². The van der Waals surface area contributed by atoms with Gasteiger partial charge in [0.2, 0.25) is 0 Å². The van der Waals surface area contributed by atoms with Crippen LogP contribution >= 0.6 is 0 Å². The van der Waals surface area contributed by atoms with Crippen molar-refractivity contribution in [1.29, 1.82) is 5.26 Å². The molecule has 1 aliphatic rings. The highest BCUT2D eigenvalue weighted by atomic mass is 16.3. The van der Waals surface area contributed by atoms with E-state index in [0.29, 0.717) is 12.2 Å². The zero-order valence-electron chi connectivity index (χ0n) is 10.5. The van der Waals surface area contributed by atoms with Crippen LogP contribution in [0.2, 0.25) is 0 Å². The van der Waals surface area contributed by atoms with Gasteiger partial charge in [-0.15, -0.1) is 0 Å². The molecule has 1 aromatic heterocycles. The van der Waals surface area contributed by atoms with Crippen LogP contribution in [-0.2, 0) is 4.79 Å². The largest absolute Gasteiger partial charge is 0.465 e. The molecule has 5 nitrogen and oxygen atoms in total. The van der Waals surface area contributed by atoms with E-state index in [4.69, 9.17) is 9.68 Å². The monoisotopic (exact) mass is 260 g/mol. The van der Waals surface area contributed by atoms with E-state index in [1.54, 1.807) is 12.1 Å². The topological polar surface area (TPSA) is 86.3 Å². The highest BCUT2D eigenvalue weighted by molar-refractivity contribution is 6.01. The van der Waals surface area contributed by atoms with Gasteiger partial charge in [0.15, 0.2) is 0 Å². The molecule has 19 heavy (non-hydrogen) atoms. The lowest BCUT2D eigenvalue weighted by Crippen LogP contribution is -2.45. The van der Waals surface area contributed by atoms with Crippen LogP contribution < -0.4 is 5.32 Å². The minimum Gasteiger partial charge on any atom is -0.465 e. The molecule has 1 heterocycles. The Kier molecular flexibility index (Phi) is 4.37. The Labute approximate surface area is 111 Å². The molecule has 0 aliphatic heterocycles. The summed E-state index contributed by atoms with van der Waals surface area (Å²) in [5.74, 6) is -0.0132. The maximum Gasteiger partial charge on any atom is 0.262 e. The molecule has 1 saturated carbocycles. The molecule has 2 atom stereocenters. The lowest BCUT2D eigenvalue weighted by atomic mass is 9.92. The second-order valence-corrected chi connectivity index (χ2v) is 4.62. The molecule has 0 spiro atoms. The molecule has 1 aromatic rings. The highest BCUT2D eigenvalue weighted by Crippen LogP contribution is 2.19. The van der Waals surface area contributed by atoms with Gasteiger partial charge in [0.1, 0.15) is 17.4 Å². The van der Waals surface area contributed by atoms with Crippen LogP contribution in [0.5, 0.6) is 0 Å². The summed E-state index contributed by atoms with van der Waals surface area (Å²) in [4.78, 5) is 12.0. The van der Waals surface area contributed by atoms with Crippen LogP contribution in [-0.4, -0.2) is 23.2 Å². The van der Waals surface area contributed by atoms with Crippen molar-refractivity contribution in [3.8, 4) is 6.07 Å². The molecule has 1 amide bonds. The first-order valence-electron chi connectivity index (χ1n) is 6.35. The molecular formula is C14H16N2O3. The Bertz CT molecular complexity index is 499. The number of aliphatic hydroxyl groups excluding tert-OH is 1. The molecule has 5 heteroatoms. The Balaban J connectivity index is 2.03. The molecule has 0 aromatic carbocycles. The van der Waals surface area contributed by atoms with Gasteiger partial charge >= 0.3 is 0 Å². The molecule has 100 valence electrons. The SMILES string of the molecule is N#C/C(=C\c1ccco1)C(=O)NC1CCCCC1O. The van der Waals surface area contributed by atoms with E-state index in [1.165, 1.54) is 12.3 Å². The summed E-state index contributed by atoms with van der Waals surface area (Å²) in [6.07, 6.45) is 5.73. The maximum absolute atomic E-state index is 12.0. The number of nitrogens with zero attached hydrogens (tertiary/aromatic N) is 1. The number of hydrogen-bond donors (Lipinski definition) is 2. The van der Waals surface area contributed by atoms with Crippen molar-refractivity contribution in [2.45, 2.75) is 37.8 Å². The minimum atomic E-state index is -0.527. The van der Waals surface area contributed by atoms with Crippen LogP contribution in [0, 0.1) is 11.3 Å². The fourth-order valence-corrected chi connectivity index (χ4v) is 2.19. The third-order valence-corrected chi connectivity index (χ3v) is 3.24. The first-order valence-corrected chi connectivity index (χ1v) is 6.35. The molecule has 0 bridgehead atoms. The van der Waals surface area contributed by atoms with Gasteiger partial charge in [-0.2, -0.15) is 5.26 Å². The van der Waals surface area contributed by atoms with Crippen molar-refractivity contribution < 1.29 is 14.3 Å². The number of amides is 1. The van der Waals surface area contributed by atoms with Crippen molar-refractivity contribution in [2.75, 3.05) is 0 Å². The fraction of sp³-hybridized carbons (Fsp3) is 0.429. The number of rotatable bonds is 3. The quantitative estimate of drug-likeness (QED) is 0.638. The number of carbonyl (C=O) groups excluding carboxylic acids is 1. The second kappa shape index (κ2) is 6.21. The van der Waals surface area contributed by atoms with E-state index in [-0.39, 0.29) is 11.6 Å². The van der Waals surface area contributed by atoms with E-state index < -0.39 is 12.0 Å². The molecule has 0 radical (unpaired) electrons. The fourth-order valence-electron chi connectivity index (χ4n) is 2.19. The molecule has 0 saturated heterocycles. The standard InChI is InChI=1S/C14H16N2O3/c15-9-10(8-11-4-3-7-19-11)14(18)16-12-5-1-2-6-13(12)17/h3-4,7-8,12-13,17H,1-2,5-6H2,(H,16,18)/b10-8+. The highest BCUT2D eigenvalue weighted by Gasteiger charge is 2.25. The smallest absolute Gasteiger partial charge is 0.262 e. The van der Waals surface area contributed by atoms with Gasteiger partial charge in [-0.05, 0) is 25.0 Å². The molecule has 1 aliphatic carbocycles. The van der Waals surface area contributed by atoms with Gasteiger partial charge < -0.3 is 14.8 Å². The van der Waals surface area contributed by atoms with Gasteiger partial charge in [-0.1, -0.05) is 12.8 Å². The number of aliphatic hydroxyl groups is 1. The molecule has 2 rings (SSSR count). The summed E-state index contributed by atoms with van der Waals surface area (Å²) in [6.45, 7) is 0. The van der Waals surface area contributed by atoms with E-state index in [9.17, 15) is 9.90 Å². The number of furan rings is 1. The van der Waals surface area contributed by atoms with Crippen molar-refractivity contribution >= 4 is 12.0 Å². The van der Waals surface area contributed by atoms with E-state index >= 15 is 0 Å². The van der Waals surface area contributed by atoms with Crippen LogP contribution in [0.15, 0.2) is 28.4 Å². The van der Waals surface area contributed by atoms with Crippen molar-refractivity contribution in [1.82, 2.24) is 5.32 Å². The van der Waals surface area contributed by atoms with Gasteiger partial charge in [0.05, 0.1) is 18.4 Å². The summed E-state index contributed by atoms with van der Waals surface area (Å²) in [6, 6.07) is 4.93. The lowest BCUT2D eigenvalue weighted by molar-refractivity contribution is -0.118. The van der Waals surface area contributed by atoms with E-state index in [0.717, 1.165) is 19.3 Å². The van der Waals surface area contributed by atoms with Gasteiger partial charge in [0.25, 0.3) is 5.91 Å². The number of carbonyl (C=O) groups is 1. The van der Waals surface area contributed by atoms with Crippen LogP contribution in [0.1, 0.15) is 31.4 Å². The predicted octanol–water partition coefficient (Wildman–Crippen LogP) is 1.61. The third-order valence-electron chi connectivity index (χ3n) is 3.24. The summed E-state index contributed by atoms with van der Waals surface area (Å²) < 4.78 is 5.07. The number of nitriles is 1. The third kappa shape index (κ3) is 3.46. The summed E-state index contributed by atoms with van der Waals surface area (Å²) in [7, 11) is 0. The van der Waals surface area contributed by atoms with Gasteiger partial charge in [-0.3, -0.25) is 4.79 Å². The number of hydrogen-bond acceptors (Lipinski definition) is 4. The lowest BCUT2D eigenvalue weighted by Gasteiger charge is -2.28. The average molecular weight is 260 g/mol.